The van der Waals surface area contributed by atoms with Gasteiger partial charge in [-0.3, -0.25) is 4.90 Å². The summed E-state index contributed by atoms with van der Waals surface area (Å²) in [4.78, 5) is 2.12. The van der Waals surface area contributed by atoms with E-state index in [1.165, 1.54) is 27.1 Å². The van der Waals surface area contributed by atoms with Crippen LogP contribution in [0.5, 0.6) is 0 Å². The number of fused-ring (bicyclic) bond motifs is 2. The normalized spacial score (nSPS) is 12.2. The third-order valence-corrected chi connectivity index (χ3v) is 5.22. The van der Waals surface area contributed by atoms with Gasteiger partial charge in [0.25, 0.3) is 0 Å². The second kappa shape index (κ2) is 7.38. The van der Waals surface area contributed by atoms with Gasteiger partial charge in [-0.2, -0.15) is 0 Å². The van der Waals surface area contributed by atoms with Crippen LogP contribution in [-0.4, -0.2) is 33.8 Å². The molecular formula is C23H23BNO3-. The second-order valence-corrected chi connectivity index (χ2v) is 7.40. The number of nitrogens with zero attached hydrogens (tertiary/aromatic N) is 1. The molecule has 0 saturated carbocycles. The number of hydrogen-bond acceptors (Lipinski definition) is 4. The van der Waals surface area contributed by atoms with Crippen LogP contribution in [0.25, 0.3) is 21.5 Å². The minimum Gasteiger partial charge on any atom is -0.556 e. The lowest BCUT2D eigenvalue weighted by Gasteiger charge is -2.27. The molecule has 5 heteroatoms. The first-order valence-corrected chi connectivity index (χ1v) is 9.41. The molecule has 3 N–H and O–H groups in total. The van der Waals surface area contributed by atoms with Crippen LogP contribution in [0.1, 0.15) is 11.1 Å². The Bertz CT molecular complexity index is 1080. The lowest BCUT2D eigenvalue weighted by atomic mass is 9.68. The van der Waals surface area contributed by atoms with Crippen molar-refractivity contribution in [3.63, 3.8) is 0 Å². The standard InChI is InChI=1S/C23H23BNO3/c1-25(15-19-10-4-7-13-23(19)24(26,27)28)16-22-20-11-5-2-8-17(20)14-18-9-3-6-12-21(18)22/h2-14,26-28H,15-16H2,1H3/q-1. The zero-order chi connectivity index (χ0) is 19.7. The van der Waals surface area contributed by atoms with Crippen LogP contribution in [0, 0.1) is 0 Å². The first-order valence-electron chi connectivity index (χ1n) is 9.41. The van der Waals surface area contributed by atoms with Crippen LogP contribution in [0.2, 0.25) is 0 Å². The van der Waals surface area contributed by atoms with E-state index in [0.717, 1.165) is 0 Å². The highest BCUT2D eigenvalue weighted by molar-refractivity contribution is 6.72. The van der Waals surface area contributed by atoms with Crippen LogP contribution in [0.4, 0.5) is 0 Å². The van der Waals surface area contributed by atoms with E-state index in [9.17, 15) is 15.1 Å². The average Bonchev–Trinajstić information content (AvgIpc) is 2.67. The molecule has 0 heterocycles. The van der Waals surface area contributed by atoms with Gasteiger partial charge in [0.05, 0.1) is 0 Å². The van der Waals surface area contributed by atoms with Gasteiger partial charge in [0, 0.05) is 13.1 Å². The van der Waals surface area contributed by atoms with Gasteiger partial charge >= 0.3 is 6.75 Å². The van der Waals surface area contributed by atoms with Gasteiger partial charge < -0.3 is 15.1 Å². The summed E-state index contributed by atoms with van der Waals surface area (Å²) in [6, 6.07) is 25.8. The molecule has 0 spiro atoms. The first-order chi connectivity index (χ1) is 13.4. The second-order valence-electron chi connectivity index (χ2n) is 7.40. The minimum atomic E-state index is -3.52. The van der Waals surface area contributed by atoms with Crippen molar-refractivity contribution in [1.29, 1.82) is 0 Å². The third-order valence-electron chi connectivity index (χ3n) is 5.22. The van der Waals surface area contributed by atoms with Gasteiger partial charge in [0.2, 0.25) is 0 Å². The number of hydrogen-bond donors (Lipinski definition) is 3. The molecule has 28 heavy (non-hydrogen) atoms. The Morgan fingerprint density at radius 2 is 1.25 bits per heavy atom. The third kappa shape index (κ3) is 3.66. The lowest BCUT2D eigenvalue weighted by Crippen LogP contribution is -2.51. The Labute approximate surface area is 164 Å². The SMILES string of the molecule is CN(Cc1ccccc1[B-](O)(O)O)Cc1c2ccccc2cc2ccccc12. The van der Waals surface area contributed by atoms with Gasteiger partial charge in [-0.25, -0.2) is 0 Å². The Hall–Kier alpha value is -2.70. The summed E-state index contributed by atoms with van der Waals surface area (Å²) in [7, 11) is 1.99. The number of rotatable bonds is 5. The molecule has 4 aromatic rings. The van der Waals surface area contributed by atoms with Crippen molar-refractivity contribution in [1.82, 2.24) is 4.90 Å². The number of benzene rings is 4. The summed E-state index contributed by atoms with van der Waals surface area (Å²) in [5.74, 6) is 0. The van der Waals surface area contributed by atoms with Gasteiger partial charge in [-0.15, -0.1) is 5.46 Å². The highest BCUT2D eigenvalue weighted by Gasteiger charge is 2.21. The van der Waals surface area contributed by atoms with Crippen molar-refractivity contribution in [2.24, 2.45) is 0 Å². The van der Waals surface area contributed by atoms with Crippen molar-refractivity contribution >= 4 is 33.8 Å². The van der Waals surface area contributed by atoms with E-state index in [-0.39, 0.29) is 5.46 Å². The Morgan fingerprint density at radius 1 is 0.714 bits per heavy atom. The minimum absolute atomic E-state index is 0.164. The largest absolute Gasteiger partial charge is 0.556 e. The van der Waals surface area contributed by atoms with Crippen LogP contribution in [0.3, 0.4) is 0 Å². The van der Waals surface area contributed by atoms with Gasteiger partial charge in [-0.05, 0) is 40.2 Å². The Kier molecular flexibility index (Phi) is 4.91. The molecule has 4 aromatic carbocycles. The molecule has 142 valence electrons. The van der Waals surface area contributed by atoms with Crippen molar-refractivity contribution in [2.75, 3.05) is 7.05 Å². The van der Waals surface area contributed by atoms with Crippen molar-refractivity contribution in [3.8, 4) is 0 Å². The Balaban J connectivity index is 1.72. The fraction of sp³-hybridized carbons (Fsp3) is 0.130. The molecule has 0 atom stereocenters. The fourth-order valence-corrected chi connectivity index (χ4v) is 3.95. The molecule has 0 aromatic heterocycles. The molecule has 4 nitrogen and oxygen atoms in total. The van der Waals surface area contributed by atoms with E-state index in [2.05, 4.69) is 47.4 Å². The molecule has 0 bridgehead atoms. The predicted octanol–water partition coefficient (Wildman–Crippen LogP) is 2.75. The van der Waals surface area contributed by atoms with Gasteiger partial charge in [0.1, 0.15) is 0 Å². The van der Waals surface area contributed by atoms with E-state index in [1.807, 2.05) is 31.3 Å². The summed E-state index contributed by atoms with van der Waals surface area (Å²) in [6.45, 7) is -2.34. The molecule has 4 rings (SSSR count). The molecule has 0 fully saturated rings. The monoisotopic (exact) mass is 372 g/mol. The maximum Gasteiger partial charge on any atom is 0.402 e. The van der Waals surface area contributed by atoms with Crippen molar-refractivity contribution in [2.45, 2.75) is 13.1 Å². The van der Waals surface area contributed by atoms with Crippen LogP contribution >= 0.6 is 0 Å². The average molecular weight is 372 g/mol. The highest BCUT2D eigenvalue weighted by atomic mass is 16.5. The van der Waals surface area contributed by atoms with Crippen LogP contribution < -0.4 is 5.46 Å². The molecule has 0 aliphatic rings. The maximum atomic E-state index is 9.71. The smallest absolute Gasteiger partial charge is 0.402 e. The zero-order valence-corrected chi connectivity index (χ0v) is 15.8. The van der Waals surface area contributed by atoms with Crippen LogP contribution in [0.15, 0.2) is 78.9 Å². The summed E-state index contributed by atoms with van der Waals surface area (Å²) in [6.07, 6.45) is 0. The summed E-state index contributed by atoms with van der Waals surface area (Å²) in [5, 5.41) is 34.0. The van der Waals surface area contributed by atoms with E-state index in [4.69, 9.17) is 0 Å². The van der Waals surface area contributed by atoms with E-state index in [0.29, 0.717) is 18.7 Å². The summed E-state index contributed by atoms with van der Waals surface area (Å²) in [5.41, 5.74) is 2.10. The zero-order valence-electron chi connectivity index (χ0n) is 15.8. The quantitative estimate of drug-likeness (QED) is 0.372. The van der Waals surface area contributed by atoms with Crippen LogP contribution in [-0.2, 0) is 13.1 Å². The maximum absolute atomic E-state index is 9.71. The first kappa shape index (κ1) is 18.7. The van der Waals surface area contributed by atoms with Gasteiger partial charge in [-0.1, -0.05) is 78.4 Å². The molecule has 0 saturated heterocycles. The highest BCUT2D eigenvalue weighted by Crippen LogP contribution is 2.29. The lowest BCUT2D eigenvalue weighted by molar-refractivity contribution is 0.248. The van der Waals surface area contributed by atoms with Crippen molar-refractivity contribution in [3.05, 3.63) is 90.0 Å². The van der Waals surface area contributed by atoms with E-state index < -0.39 is 6.75 Å². The van der Waals surface area contributed by atoms with Crippen molar-refractivity contribution < 1.29 is 15.1 Å². The molecule has 0 amide bonds. The molecule has 0 aliphatic heterocycles. The topological polar surface area (TPSA) is 63.9 Å². The summed E-state index contributed by atoms with van der Waals surface area (Å²) >= 11 is 0. The van der Waals surface area contributed by atoms with Gasteiger partial charge in [0.15, 0.2) is 0 Å². The molecular weight excluding hydrogens is 349 g/mol. The fourth-order valence-electron chi connectivity index (χ4n) is 3.95. The predicted molar refractivity (Wildman–Crippen MR) is 115 cm³/mol. The molecule has 0 aliphatic carbocycles. The van der Waals surface area contributed by atoms with E-state index >= 15 is 0 Å². The van der Waals surface area contributed by atoms with E-state index in [1.54, 1.807) is 12.1 Å². The Morgan fingerprint density at radius 3 is 1.86 bits per heavy atom. The molecule has 0 radical (unpaired) electrons. The molecule has 0 unspecified atom stereocenters. The summed E-state index contributed by atoms with van der Waals surface area (Å²) < 4.78 is 0.